The molecule has 1 aliphatic rings. The maximum atomic E-state index is 13.8. The Hall–Kier alpha value is -1.93. The highest BCUT2D eigenvalue weighted by Crippen LogP contribution is 2.11. The van der Waals surface area contributed by atoms with Crippen LogP contribution in [0.3, 0.4) is 0 Å². The van der Waals surface area contributed by atoms with Crippen LogP contribution < -0.4 is 16.0 Å². The second-order valence-corrected chi connectivity index (χ2v) is 6.21. The Morgan fingerprint density at radius 2 is 2.11 bits per heavy atom. The number of nitriles is 1. The molecular weight excluding hydrogens is 462 g/mol. The van der Waals surface area contributed by atoms with E-state index in [1.165, 1.54) is 18.2 Å². The summed E-state index contributed by atoms with van der Waals surface area (Å²) >= 11 is 0. The van der Waals surface area contributed by atoms with Gasteiger partial charge in [0.25, 0.3) is 0 Å². The molecular formula is C18H26FIN6O. The Kier molecular flexibility index (Phi) is 10.0. The number of amides is 1. The topological polar surface area (TPSA) is 92.6 Å². The van der Waals surface area contributed by atoms with E-state index in [0.29, 0.717) is 23.6 Å². The third-order valence-corrected chi connectivity index (χ3v) is 4.42. The molecule has 9 heteroatoms. The van der Waals surface area contributed by atoms with Gasteiger partial charge in [-0.05, 0) is 31.0 Å². The highest BCUT2D eigenvalue weighted by molar-refractivity contribution is 14.0. The van der Waals surface area contributed by atoms with Gasteiger partial charge in [-0.15, -0.1) is 24.0 Å². The van der Waals surface area contributed by atoms with Gasteiger partial charge in [0.2, 0.25) is 5.91 Å². The minimum atomic E-state index is -0.352. The molecule has 7 nitrogen and oxygen atoms in total. The van der Waals surface area contributed by atoms with E-state index in [4.69, 9.17) is 5.26 Å². The van der Waals surface area contributed by atoms with Crippen molar-refractivity contribution in [2.45, 2.75) is 25.4 Å². The maximum Gasteiger partial charge on any atom is 0.233 e. The number of nitrogens with zero attached hydrogens (tertiary/aromatic N) is 3. The first-order valence-corrected chi connectivity index (χ1v) is 8.64. The van der Waals surface area contributed by atoms with E-state index in [0.717, 1.165) is 25.9 Å². The van der Waals surface area contributed by atoms with Gasteiger partial charge in [0.1, 0.15) is 5.82 Å². The van der Waals surface area contributed by atoms with Gasteiger partial charge in [0, 0.05) is 45.3 Å². The third-order valence-electron chi connectivity index (χ3n) is 4.42. The number of hydrogen-bond donors (Lipinski definition) is 3. The summed E-state index contributed by atoms with van der Waals surface area (Å²) in [6, 6.07) is 6.55. The van der Waals surface area contributed by atoms with E-state index in [-0.39, 0.29) is 48.3 Å². The average molecular weight is 488 g/mol. The van der Waals surface area contributed by atoms with Gasteiger partial charge < -0.3 is 16.0 Å². The van der Waals surface area contributed by atoms with E-state index in [1.807, 2.05) is 6.07 Å². The number of likely N-dealkylation sites (N-methyl/N-ethyl adjacent to an activating group) is 1. The summed E-state index contributed by atoms with van der Waals surface area (Å²) in [5, 5.41) is 18.0. The zero-order chi connectivity index (χ0) is 18.9. The number of guanidine groups is 1. The highest BCUT2D eigenvalue weighted by Gasteiger charge is 2.21. The number of benzene rings is 1. The first-order valence-electron chi connectivity index (χ1n) is 8.64. The quantitative estimate of drug-likeness (QED) is 0.329. The lowest BCUT2D eigenvalue weighted by Crippen LogP contribution is -2.49. The molecule has 0 aliphatic carbocycles. The van der Waals surface area contributed by atoms with Crippen LogP contribution in [0.2, 0.25) is 0 Å². The lowest BCUT2D eigenvalue weighted by molar-refractivity contribution is -0.122. The number of hydrogen-bond acceptors (Lipinski definition) is 4. The van der Waals surface area contributed by atoms with Crippen molar-refractivity contribution in [3.05, 3.63) is 35.1 Å². The zero-order valence-corrected chi connectivity index (χ0v) is 17.9. The van der Waals surface area contributed by atoms with Crippen LogP contribution in [0.4, 0.5) is 4.39 Å². The van der Waals surface area contributed by atoms with Crippen molar-refractivity contribution < 1.29 is 9.18 Å². The van der Waals surface area contributed by atoms with Crippen molar-refractivity contribution in [3.63, 3.8) is 0 Å². The van der Waals surface area contributed by atoms with Crippen molar-refractivity contribution in [1.82, 2.24) is 20.9 Å². The number of likely N-dealkylation sites (tertiary alicyclic amines) is 1. The SMILES string of the molecule is CN=C(NCc1cc(C#N)ccc1F)NC1CCN(CC(=O)NC)CC1.I. The van der Waals surface area contributed by atoms with Gasteiger partial charge in [0.05, 0.1) is 18.2 Å². The molecule has 1 aromatic carbocycles. The molecule has 1 aliphatic heterocycles. The highest BCUT2D eigenvalue weighted by atomic mass is 127. The lowest BCUT2D eigenvalue weighted by Gasteiger charge is -2.32. The van der Waals surface area contributed by atoms with Gasteiger partial charge in [-0.2, -0.15) is 5.26 Å². The predicted octanol–water partition coefficient (Wildman–Crippen LogP) is 1.19. The standard InChI is InChI=1S/C18H25FN6O.HI/c1-21-17(26)12-25-7-5-15(6-8-25)24-18(22-2)23-11-14-9-13(10-20)3-4-16(14)19;/h3-4,9,15H,5-8,11-12H2,1-2H3,(H,21,26)(H2,22,23,24);1H. The molecule has 1 saturated heterocycles. The summed E-state index contributed by atoms with van der Waals surface area (Å²) in [7, 11) is 3.31. The summed E-state index contributed by atoms with van der Waals surface area (Å²) in [6.07, 6.45) is 1.80. The first-order chi connectivity index (χ1) is 12.5. The fourth-order valence-corrected chi connectivity index (χ4v) is 2.86. The monoisotopic (exact) mass is 488 g/mol. The third kappa shape index (κ3) is 7.30. The minimum absolute atomic E-state index is 0. The van der Waals surface area contributed by atoms with Crippen LogP contribution in [0, 0.1) is 17.1 Å². The van der Waals surface area contributed by atoms with Crippen molar-refractivity contribution in [3.8, 4) is 6.07 Å². The molecule has 2 rings (SSSR count). The van der Waals surface area contributed by atoms with Crippen molar-refractivity contribution >= 4 is 35.8 Å². The van der Waals surface area contributed by atoms with Crippen molar-refractivity contribution in [2.75, 3.05) is 33.7 Å². The number of carbonyl (C=O) groups is 1. The van der Waals surface area contributed by atoms with E-state index in [9.17, 15) is 9.18 Å². The molecule has 0 saturated carbocycles. The van der Waals surface area contributed by atoms with Crippen LogP contribution in [-0.2, 0) is 11.3 Å². The van der Waals surface area contributed by atoms with Crippen LogP contribution in [0.25, 0.3) is 0 Å². The number of piperidine rings is 1. The van der Waals surface area contributed by atoms with Crippen LogP contribution >= 0.6 is 24.0 Å². The summed E-state index contributed by atoms with van der Waals surface area (Å²) < 4.78 is 13.8. The van der Waals surface area contributed by atoms with Crippen LogP contribution in [0.15, 0.2) is 23.2 Å². The molecule has 0 unspecified atom stereocenters. The second-order valence-electron chi connectivity index (χ2n) is 6.21. The number of nitrogens with one attached hydrogen (secondary N) is 3. The molecule has 0 aromatic heterocycles. The smallest absolute Gasteiger partial charge is 0.233 e. The molecule has 1 aromatic rings. The Labute approximate surface area is 176 Å². The molecule has 0 radical (unpaired) electrons. The fraction of sp³-hybridized carbons (Fsp3) is 0.500. The van der Waals surface area contributed by atoms with Crippen LogP contribution in [0.5, 0.6) is 0 Å². The molecule has 1 heterocycles. The van der Waals surface area contributed by atoms with E-state index < -0.39 is 0 Å². The normalized spacial score (nSPS) is 15.4. The number of halogens is 2. The largest absolute Gasteiger partial charge is 0.358 e. The van der Waals surface area contributed by atoms with Gasteiger partial charge in [0.15, 0.2) is 5.96 Å². The van der Waals surface area contributed by atoms with Gasteiger partial charge in [-0.3, -0.25) is 14.7 Å². The Morgan fingerprint density at radius 1 is 1.41 bits per heavy atom. The second kappa shape index (κ2) is 11.7. The average Bonchev–Trinajstić information content (AvgIpc) is 2.67. The molecule has 0 bridgehead atoms. The van der Waals surface area contributed by atoms with E-state index in [1.54, 1.807) is 14.1 Å². The summed E-state index contributed by atoms with van der Waals surface area (Å²) in [4.78, 5) is 17.7. The molecule has 3 N–H and O–H groups in total. The van der Waals surface area contributed by atoms with E-state index >= 15 is 0 Å². The molecule has 1 amide bonds. The van der Waals surface area contributed by atoms with E-state index in [2.05, 4.69) is 25.8 Å². The van der Waals surface area contributed by atoms with Crippen molar-refractivity contribution in [1.29, 1.82) is 5.26 Å². The summed E-state index contributed by atoms with van der Waals surface area (Å²) in [5.41, 5.74) is 0.849. The number of rotatable bonds is 5. The zero-order valence-electron chi connectivity index (χ0n) is 15.6. The number of aliphatic imine (C=N–C) groups is 1. The van der Waals surface area contributed by atoms with Crippen molar-refractivity contribution in [2.24, 2.45) is 4.99 Å². The Balaban J connectivity index is 0.00000364. The van der Waals surface area contributed by atoms with Gasteiger partial charge in [-0.25, -0.2) is 4.39 Å². The van der Waals surface area contributed by atoms with Crippen LogP contribution in [-0.4, -0.2) is 56.5 Å². The van der Waals surface area contributed by atoms with Gasteiger partial charge >= 0.3 is 0 Å². The predicted molar refractivity (Wildman–Crippen MR) is 113 cm³/mol. The Morgan fingerprint density at radius 3 is 2.70 bits per heavy atom. The lowest BCUT2D eigenvalue weighted by atomic mass is 10.1. The molecule has 1 fully saturated rings. The molecule has 0 spiro atoms. The summed E-state index contributed by atoms with van der Waals surface area (Å²) in [6.45, 7) is 2.34. The summed E-state index contributed by atoms with van der Waals surface area (Å²) in [5.74, 6) is 0.265. The maximum absolute atomic E-state index is 13.8. The minimum Gasteiger partial charge on any atom is -0.358 e. The van der Waals surface area contributed by atoms with Crippen LogP contribution in [0.1, 0.15) is 24.0 Å². The molecule has 148 valence electrons. The molecule has 27 heavy (non-hydrogen) atoms. The van der Waals surface area contributed by atoms with Gasteiger partial charge in [-0.1, -0.05) is 0 Å². The Bertz CT molecular complexity index is 698. The number of carbonyl (C=O) groups excluding carboxylic acids is 1. The molecule has 0 atom stereocenters. The first kappa shape index (κ1) is 23.1. The fourth-order valence-electron chi connectivity index (χ4n) is 2.86.